The number of carboxylic acids is 1. The van der Waals surface area contributed by atoms with Gasteiger partial charge in [0.2, 0.25) is 0 Å². The third-order valence-electron chi connectivity index (χ3n) is 4.73. The van der Waals surface area contributed by atoms with Gasteiger partial charge in [0.25, 0.3) is 0 Å². The summed E-state index contributed by atoms with van der Waals surface area (Å²) in [5.74, 6) is 0.386. The Labute approximate surface area is 125 Å². The van der Waals surface area contributed by atoms with E-state index in [9.17, 15) is 4.79 Å². The maximum atomic E-state index is 10.4. The number of hydrogen-bond acceptors (Lipinski definition) is 1. The molecule has 0 radical (unpaired) electrons. The summed E-state index contributed by atoms with van der Waals surface area (Å²) < 4.78 is 0. The zero-order valence-corrected chi connectivity index (χ0v) is 13.2. The molecule has 0 aliphatic heterocycles. The van der Waals surface area contributed by atoms with E-state index < -0.39 is 5.97 Å². The third kappa shape index (κ3) is 10.3. The summed E-state index contributed by atoms with van der Waals surface area (Å²) in [6.45, 7) is 0. The van der Waals surface area contributed by atoms with Crippen molar-refractivity contribution < 1.29 is 9.90 Å². The van der Waals surface area contributed by atoms with Crippen molar-refractivity contribution in [2.24, 2.45) is 5.92 Å². The van der Waals surface area contributed by atoms with Crippen LogP contribution in [0.4, 0.5) is 0 Å². The lowest BCUT2D eigenvalue weighted by atomic mass is 9.95. The van der Waals surface area contributed by atoms with Crippen molar-refractivity contribution >= 4 is 5.97 Å². The van der Waals surface area contributed by atoms with Crippen LogP contribution in [0.3, 0.4) is 0 Å². The largest absolute Gasteiger partial charge is 0.481 e. The molecule has 1 fully saturated rings. The van der Waals surface area contributed by atoms with Crippen molar-refractivity contribution in [3.8, 4) is 0 Å². The van der Waals surface area contributed by atoms with E-state index >= 15 is 0 Å². The molecule has 0 aromatic rings. The molecule has 0 bridgehead atoms. The number of carboxylic acid groups (broad SMARTS) is 1. The normalized spacial score (nSPS) is 19.7. The molecule has 0 amide bonds. The standard InChI is InChI=1S/C18H34O2/c19-18(20)16-12-6-4-2-1-3-5-9-13-17-14-10-7-8-11-15-17/h17H,1-16H2,(H,19,20)/i10+1. The van der Waals surface area contributed by atoms with Gasteiger partial charge in [-0.15, -0.1) is 0 Å². The van der Waals surface area contributed by atoms with Gasteiger partial charge in [-0.05, 0) is 12.3 Å². The Morgan fingerprint density at radius 3 is 1.80 bits per heavy atom. The second kappa shape index (κ2) is 12.2. The lowest BCUT2D eigenvalue weighted by Gasteiger charge is -2.13. The van der Waals surface area contributed by atoms with Gasteiger partial charge < -0.3 is 5.11 Å². The molecule has 118 valence electrons. The topological polar surface area (TPSA) is 37.3 Å². The Hall–Kier alpha value is -0.530. The van der Waals surface area contributed by atoms with Gasteiger partial charge in [-0.2, -0.15) is 0 Å². The zero-order chi connectivity index (χ0) is 14.5. The fourth-order valence-electron chi connectivity index (χ4n) is 3.42. The fraction of sp³-hybridized carbons (Fsp3) is 0.944. The minimum absolute atomic E-state index is 0.349. The van der Waals surface area contributed by atoms with E-state index in [2.05, 4.69) is 0 Å². The molecule has 1 unspecified atom stereocenters. The second-order valence-corrected chi connectivity index (χ2v) is 6.62. The summed E-state index contributed by atoms with van der Waals surface area (Å²) >= 11 is 0. The van der Waals surface area contributed by atoms with Gasteiger partial charge >= 0.3 is 5.97 Å². The molecule has 0 spiro atoms. The van der Waals surface area contributed by atoms with E-state index in [4.69, 9.17) is 5.11 Å². The SMILES string of the molecule is O=C(O)CCCCCCCCCCC1CCCC[13CH2]C1. The van der Waals surface area contributed by atoms with Gasteiger partial charge in [-0.3, -0.25) is 4.79 Å². The molecule has 1 aliphatic carbocycles. The monoisotopic (exact) mass is 283 g/mol. The van der Waals surface area contributed by atoms with E-state index in [1.54, 1.807) is 0 Å². The molecule has 2 heteroatoms. The Balaban J connectivity index is 1.79. The first-order chi connectivity index (χ1) is 9.79. The zero-order valence-electron chi connectivity index (χ0n) is 13.2. The molecule has 1 saturated carbocycles. The first-order valence-corrected chi connectivity index (χ1v) is 9.01. The lowest BCUT2D eigenvalue weighted by Crippen LogP contribution is -1.98. The summed E-state index contributed by atoms with van der Waals surface area (Å²) in [5, 5.41) is 8.54. The molecular formula is C18H34O2. The predicted molar refractivity (Wildman–Crippen MR) is 85.0 cm³/mol. The van der Waals surface area contributed by atoms with Crippen LogP contribution in [0.15, 0.2) is 0 Å². The van der Waals surface area contributed by atoms with Gasteiger partial charge in [0.05, 0.1) is 0 Å². The van der Waals surface area contributed by atoms with Crippen molar-refractivity contribution in [2.45, 2.75) is 103 Å². The van der Waals surface area contributed by atoms with Gasteiger partial charge in [-0.1, -0.05) is 89.9 Å². The van der Waals surface area contributed by atoms with E-state index in [0.717, 1.165) is 18.8 Å². The van der Waals surface area contributed by atoms with Gasteiger partial charge in [0.15, 0.2) is 0 Å². The van der Waals surface area contributed by atoms with Crippen LogP contribution in [0.1, 0.15) is 103 Å². The average molecular weight is 283 g/mol. The molecular weight excluding hydrogens is 249 g/mol. The highest BCUT2D eigenvalue weighted by atomic mass is 16.4. The minimum Gasteiger partial charge on any atom is -0.481 e. The number of aliphatic carboxylic acids is 1. The third-order valence-corrected chi connectivity index (χ3v) is 4.73. The van der Waals surface area contributed by atoms with Crippen LogP contribution in [0.5, 0.6) is 0 Å². The molecule has 1 N–H and O–H groups in total. The molecule has 0 aromatic carbocycles. The summed E-state index contributed by atoms with van der Waals surface area (Å²) in [5.41, 5.74) is 0. The van der Waals surface area contributed by atoms with Crippen LogP contribution in [0.25, 0.3) is 0 Å². The highest BCUT2D eigenvalue weighted by Gasteiger charge is 2.11. The van der Waals surface area contributed by atoms with Crippen LogP contribution >= 0.6 is 0 Å². The van der Waals surface area contributed by atoms with E-state index in [0.29, 0.717) is 6.42 Å². The van der Waals surface area contributed by atoms with Crippen molar-refractivity contribution in [1.82, 2.24) is 0 Å². The van der Waals surface area contributed by atoms with Crippen LogP contribution in [-0.4, -0.2) is 11.1 Å². The van der Waals surface area contributed by atoms with Crippen molar-refractivity contribution in [3.05, 3.63) is 0 Å². The first kappa shape index (κ1) is 17.5. The van der Waals surface area contributed by atoms with Gasteiger partial charge in [0.1, 0.15) is 0 Å². The Morgan fingerprint density at radius 2 is 1.25 bits per heavy atom. The summed E-state index contributed by atoms with van der Waals surface area (Å²) in [7, 11) is 0. The maximum absolute atomic E-state index is 10.4. The minimum atomic E-state index is -0.650. The number of hydrogen-bond donors (Lipinski definition) is 1. The first-order valence-electron chi connectivity index (χ1n) is 9.01. The summed E-state index contributed by atoms with van der Waals surface area (Å²) in [4.78, 5) is 10.4. The van der Waals surface area contributed by atoms with Crippen LogP contribution < -0.4 is 0 Å². The van der Waals surface area contributed by atoms with Crippen LogP contribution in [0.2, 0.25) is 0 Å². The van der Waals surface area contributed by atoms with Crippen molar-refractivity contribution in [2.75, 3.05) is 0 Å². The van der Waals surface area contributed by atoms with E-state index in [1.807, 2.05) is 0 Å². The molecule has 0 saturated heterocycles. The summed E-state index contributed by atoms with van der Waals surface area (Å²) in [6, 6.07) is 0. The molecule has 0 heterocycles. The van der Waals surface area contributed by atoms with Crippen molar-refractivity contribution in [1.29, 1.82) is 0 Å². The molecule has 1 atom stereocenters. The molecule has 20 heavy (non-hydrogen) atoms. The Morgan fingerprint density at radius 1 is 0.750 bits per heavy atom. The highest BCUT2D eigenvalue weighted by Crippen LogP contribution is 2.27. The highest BCUT2D eigenvalue weighted by molar-refractivity contribution is 5.66. The number of rotatable bonds is 11. The Bertz CT molecular complexity index is 230. The maximum Gasteiger partial charge on any atom is 0.303 e. The van der Waals surface area contributed by atoms with E-state index in [-0.39, 0.29) is 0 Å². The smallest absolute Gasteiger partial charge is 0.303 e. The lowest BCUT2D eigenvalue weighted by molar-refractivity contribution is -0.137. The van der Waals surface area contributed by atoms with E-state index in [1.165, 1.54) is 83.5 Å². The van der Waals surface area contributed by atoms with Crippen LogP contribution in [-0.2, 0) is 4.79 Å². The second-order valence-electron chi connectivity index (χ2n) is 6.62. The quantitative estimate of drug-likeness (QED) is 0.289. The number of carbonyl (C=O) groups is 1. The predicted octanol–water partition coefficient (Wildman–Crippen LogP) is 5.94. The number of unbranched alkanes of at least 4 members (excludes halogenated alkanes) is 7. The van der Waals surface area contributed by atoms with Crippen LogP contribution in [0, 0.1) is 5.92 Å². The average Bonchev–Trinajstić information content (AvgIpc) is 2.69. The summed E-state index contributed by atoms with van der Waals surface area (Å²) in [6.07, 6.45) is 20.7. The van der Waals surface area contributed by atoms with Crippen molar-refractivity contribution in [3.63, 3.8) is 0 Å². The molecule has 0 aromatic heterocycles. The fourth-order valence-corrected chi connectivity index (χ4v) is 3.42. The molecule has 2 nitrogen and oxygen atoms in total. The molecule has 1 aliphatic rings. The molecule has 1 rings (SSSR count). The van der Waals surface area contributed by atoms with Gasteiger partial charge in [-0.25, -0.2) is 0 Å². The van der Waals surface area contributed by atoms with Gasteiger partial charge in [0, 0.05) is 6.42 Å². The Kier molecular flexibility index (Phi) is 10.7.